The number of amides is 2. The summed E-state index contributed by atoms with van der Waals surface area (Å²) in [6.45, 7) is 2.70. The lowest BCUT2D eigenvalue weighted by atomic mass is 10.1. The summed E-state index contributed by atoms with van der Waals surface area (Å²) in [6.07, 6.45) is 8.68. The molecule has 5 N–H and O–H groups in total. The van der Waals surface area contributed by atoms with Gasteiger partial charge in [0.2, 0.25) is 17.6 Å². The van der Waals surface area contributed by atoms with Crippen LogP contribution in [0.15, 0.2) is 42.5 Å². The van der Waals surface area contributed by atoms with Crippen molar-refractivity contribution in [1.29, 1.82) is 0 Å². The summed E-state index contributed by atoms with van der Waals surface area (Å²) in [4.78, 5) is 24.0. The number of rotatable bonds is 16. The number of carbonyl (C=O) groups excluding carboxylic acids is 2. The van der Waals surface area contributed by atoms with Crippen molar-refractivity contribution in [1.82, 2.24) is 16.0 Å². The van der Waals surface area contributed by atoms with Gasteiger partial charge >= 0.3 is 0 Å². The minimum atomic E-state index is -0.210. The fraction of sp³-hybridized carbons (Fsp3) is 0.357. The van der Waals surface area contributed by atoms with E-state index in [1.807, 2.05) is 0 Å². The highest BCUT2D eigenvalue weighted by atomic mass is 16.5. The van der Waals surface area contributed by atoms with Crippen LogP contribution >= 0.6 is 0 Å². The topological polar surface area (TPSA) is 138 Å². The first-order chi connectivity index (χ1) is 18.4. The number of carbonyl (C=O) groups is 2. The van der Waals surface area contributed by atoms with Crippen LogP contribution in [0.5, 0.6) is 28.7 Å². The Labute approximate surface area is 223 Å². The fourth-order valence-corrected chi connectivity index (χ4v) is 3.41. The number of hydrogen-bond acceptors (Lipinski definition) is 8. The minimum absolute atomic E-state index is 0.0498. The summed E-state index contributed by atoms with van der Waals surface area (Å²) in [7, 11) is 4.36. The lowest BCUT2D eigenvalue weighted by molar-refractivity contribution is -0.117. The van der Waals surface area contributed by atoms with E-state index in [2.05, 4.69) is 16.0 Å². The Morgan fingerprint density at radius 2 is 1.21 bits per heavy atom. The summed E-state index contributed by atoms with van der Waals surface area (Å²) < 4.78 is 15.3. The molecular formula is C28H37N3O7. The summed E-state index contributed by atoms with van der Waals surface area (Å²) in [5.74, 6) is 0.450. The van der Waals surface area contributed by atoms with Crippen molar-refractivity contribution in [2.24, 2.45) is 0 Å². The molecule has 38 heavy (non-hydrogen) atoms. The van der Waals surface area contributed by atoms with Crippen molar-refractivity contribution in [3.63, 3.8) is 0 Å². The molecule has 0 saturated heterocycles. The zero-order chi connectivity index (χ0) is 27.8. The molecule has 10 nitrogen and oxygen atoms in total. The first kappa shape index (κ1) is 30.0. The number of ether oxygens (including phenoxy) is 3. The number of methoxy groups -OCH3 is 3. The predicted molar refractivity (Wildman–Crippen MR) is 147 cm³/mol. The SMILES string of the molecule is COc1cc(/C=C/C(=O)NCCCNCCCCNC(=O)/C=C/c2cc(OC)c(O)c(OC)c2)ccc1O. The number of benzene rings is 2. The van der Waals surface area contributed by atoms with Crippen LogP contribution in [0.25, 0.3) is 12.2 Å². The molecule has 0 aliphatic rings. The molecule has 0 heterocycles. The maximum atomic E-state index is 12.0. The summed E-state index contributed by atoms with van der Waals surface area (Å²) >= 11 is 0. The number of unbranched alkanes of at least 4 members (excludes halogenated alkanes) is 1. The smallest absolute Gasteiger partial charge is 0.243 e. The van der Waals surface area contributed by atoms with Crippen molar-refractivity contribution < 1.29 is 34.0 Å². The molecule has 0 fully saturated rings. The van der Waals surface area contributed by atoms with Gasteiger partial charge in [0.25, 0.3) is 0 Å². The van der Waals surface area contributed by atoms with Gasteiger partial charge in [-0.2, -0.15) is 0 Å². The van der Waals surface area contributed by atoms with E-state index in [0.29, 0.717) is 24.4 Å². The highest BCUT2D eigenvalue weighted by Gasteiger charge is 2.10. The lowest BCUT2D eigenvalue weighted by Gasteiger charge is -2.09. The Morgan fingerprint density at radius 3 is 1.82 bits per heavy atom. The first-order valence-electron chi connectivity index (χ1n) is 12.3. The van der Waals surface area contributed by atoms with Gasteiger partial charge < -0.3 is 40.4 Å². The van der Waals surface area contributed by atoms with Gasteiger partial charge in [-0.25, -0.2) is 0 Å². The molecule has 10 heteroatoms. The van der Waals surface area contributed by atoms with E-state index in [1.54, 1.807) is 36.4 Å². The second-order valence-electron chi connectivity index (χ2n) is 8.26. The molecule has 0 atom stereocenters. The number of phenolic OH excluding ortho intramolecular Hbond substituents is 2. The average molecular weight is 528 g/mol. The zero-order valence-electron chi connectivity index (χ0n) is 22.1. The standard InChI is InChI=1S/C28H37N3O7/c1-36-23-17-20(7-10-22(23)32)8-11-26(33)31-16-6-14-29-13-4-5-15-30-27(34)12-9-21-18-24(37-2)28(35)25(19-21)38-3/h7-12,17-19,29,32,35H,4-6,13-16H2,1-3H3,(H,30,34)(H,31,33)/b11-8+,12-9+. The molecular weight excluding hydrogens is 490 g/mol. The molecule has 0 bridgehead atoms. The number of phenols is 2. The lowest BCUT2D eigenvalue weighted by Crippen LogP contribution is -2.27. The van der Waals surface area contributed by atoms with Crippen LogP contribution < -0.4 is 30.2 Å². The van der Waals surface area contributed by atoms with E-state index in [9.17, 15) is 19.8 Å². The molecule has 0 radical (unpaired) electrons. The van der Waals surface area contributed by atoms with Crippen molar-refractivity contribution in [2.45, 2.75) is 19.3 Å². The Bertz CT molecular complexity index is 1090. The largest absolute Gasteiger partial charge is 0.504 e. The molecule has 0 spiro atoms. The summed E-state index contributed by atoms with van der Waals surface area (Å²) in [6, 6.07) is 8.09. The zero-order valence-corrected chi connectivity index (χ0v) is 22.1. The second-order valence-corrected chi connectivity index (χ2v) is 8.26. The van der Waals surface area contributed by atoms with Crippen LogP contribution in [0, 0.1) is 0 Å². The van der Waals surface area contributed by atoms with Crippen LogP contribution in [-0.2, 0) is 9.59 Å². The van der Waals surface area contributed by atoms with Gasteiger partial charge in [-0.05, 0) is 79.9 Å². The average Bonchev–Trinajstić information content (AvgIpc) is 2.92. The van der Waals surface area contributed by atoms with Crippen LogP contribution in [0.2, 0.25) is 0 Å². The van der Waals surface area contributed by atoms with Crippen LogP contribution in [-0.4, -0.2) is 69.5 Å². The van der Waals surface area contributed by atoms with Gasteiger partial charge in [0.05, 0.1) is 21.3 Å². The molecule has 206 valence electrons. The highest BCUT2D eigenvalue weighted by molar-refractivity contribution is 5.92. The third-order valence-corrected chi connectivity index (χ3v) is 5.47. The molecule has 0 unspecified atom stereocenters. The molecule has 2 aromatic rings. The maximum Gasteiger partial charge on any atom is 0.243 e. The van der Waals surface area contributed by atoms with Gasteiger partial charge in [-0.15, -0.1) is 0 Å². The predicted octanol–water partition coefficient (Wildman–Crippen LogP) is 2.84. The highest BCUT2D eigenvalue weighted by Crippen LogP contribution is 2.37. The number of hydrogen-bond donors (Lipinski definition) is 5. The van der Waals surface area contributed by atoms with E-state index >= 15 is 0 Å². The third-order valence-electron chi connectivity index (χ3n) is 5.47. The van der Waals surface area contributed by atoms with Gasteiger partial charge in [0.1, 0.15) is 0 Å². The number of aromatic hydroxyl groups is 2. The van der Waals surface area contributed by atoms with E-state index < -0.39 is 0 Å². The Morgan fingerprint density at radius 1 is 0.711 bits per heavy atom. The summed E-state index contributed by atoms with van der Waals surface area (Å²) in [5.41, 5.74) is 1.42. The first-order valence-corrected chi connectivity index (χ1v) is 12.3. The molecule has 0 aliphatic heterocycles. The molecule has 0 aromatic heterocycles. The van der Waals surface area contributed by atoms with Crippen LogP contribution in [0.3, 0.4) is 0 Å². The second kappa shape index (κ2) is 16.5. The molecule has 2 amide bonds. The van der Waals surface area contributed by atoms with Crippen molar-refractivity contribution in [3.8, 4) is 28.7 Å². The van der Waals surface area contributed by atoms with Crippen LogP contribution in [0.4, 0.5) is 0 Å². The molecule has 0 saturated carbocycles. The van der Waals surface area contributed by atoms with E-state index in [4.69, 9.17) is 14.2 Å². The van der Waals surface area contributed by atoms with Gasteiger partial charge in [0, 0.05) is 25.2 Å². The van der Waals surface area contributed by atoms with Gasteiger partial charge in [-0.1, -0.05) is 6.07 Å². The van der Waals surface area contributed by atoms with Crippen molar-refractivity contribution >= 4 is 24.0 Å². The Hall–Kier alpha value is -4.18. The monoisotopic (exact) mass is 527 g/mol. The van der Waals surface area contributed by atoms with Gasteiger partial charge in [-0.3, -0.25) is 9.59 Å². The maximum absolute atomic E-state index is 12.0. The number of nitrogens with one attached hydrogen (secondary N) is 3. The van der Waals surface area contributed by atoms with E-state index in [-0.39, 0.29) is 34.8 Å². The molecule has 2 rings (SSSR count). The fourth-order valence-electron chi connectivity index (χ4n) is 3.41. The van der Waals surface area contributed by atoms with Crippen molar-refractivity contribution in [2.75, 3.05) is 47.5 Å². The van der Waals surface area contributed by atoms with E-state index in [1.165, 1.54) is 39.5 Å². The Balaban J connectivity index is 1.53. The normalized spacial score (nSPS) is 11.0. The molecule has 0 aliphatic carbocycles. The van der Waals surface area contributed by atoms with Crippen LogP contribution in [0.1, 0.15) is 30.4 Å². The van der Waals surface area contributed by atoms with Gasteiger partial charge in [0.15, 0.2) is 23.0 Å². The minimum Gasteiger partial charge on any atom is -0.504 e. The van der Waals surface area contributed by atoms with Crippen molar-refractivity contribution in [3.05, 3.63) is 53.6 Å². The van der Waals surface area contributed by atoms with E-state index in [0.717, 1.165) is 37.9 Å². The molecule has 2 aromatic carbocycles. The third kappa shape index (κ3) is 10.4. The quantitative estimate of drug-likeness (QED) is 0.166. The Kier molecular flexibility index (Phi) is 13.1. The summed E-state index contributed by atoms with van der Waals surface area (Å²) in [5, 5.41) is 28.5.